The van der Waals surface area contributed by atoms with Crippen LogP contribution in [0.15, 0.2) is 30.3 Å². The second kappa shape index (κ2) is 10.9. The molecule has 0 aliphatic carbocycles. The Balaban J connectivity index is 1.95. The predicted molar refractivity (Wildman–Crippen MR) is 117 cm³/mol. The third-order valence-corrected chi connectivity index (χ3v) is 5.60. The summed E-state index contributed by atoms with van der Waals surface area (Å²) in [6.07, 6.45) is 0. The molecule has 0 unspecified atom stereocenters. The Kier molecular flexibility index (Phi) is 8.51. The van der Waals surface area contributed by atoms with E-state index in [0.717, 1.165) is 22.4 Å². The first-order valence-electron chi connectivity index (χ1n) is 9.24. The molecule has 158 valence electrons. The van der Waals surface area contributed by atoms with Crippen molar-refractivity contribution < 1.29 is 23.7 Å². The number of rotatable bonds is 10. The van der Waals surface area contributed by atoms with E-state index in [9.17, 15) is 4.79 Å². The van der Waals surface area contributed by atoms with Crippen molar-refractivity contribution in [2.45, 2.75) is 25.6 Å². The van der Waals surface area contributed by atoms with E-state index < -0.39 is 0 Å². The van der Waals surface area contributed by atoms with Gasteiger partial charge in [-0.1, -0.05) is 0 Å². The lowest BCUT2D eigenvalue weighted by Gasteiger charge is -2.18. The van der Waals surface area contributed by atoms with Gasteiger partial charge in [-0.2, -0.15) is 0 Å². The van der Waals surface area contributed by atoms with Crippen LogP contribution in [0.25, 0.3) is 0 Å². The van der Waals surface area contributed by atoms with Crippen molar-refractivity contribution in [2.24, 2.45) is 0 Å². The number of carbonyl (C=O) groups excluding carboxylic acids is 1. The molecule has 2 rings (SSSR count). The van der Waals surface area contributed by atoms with Gasteiger partial charge in [0.1, 0.15) is 11.5 Å². The van der Waals surface area contributed by atoms with E-state index in [1.54, 1.807) is 40.2 Å². The first kappa shape index (κ1) is 22.7. The highest BCUT2D eigenvalue weighted by Gasteiger charge is 2.16. The van der Waals surface area contributed by atoms with Gasteiger partial charge in [-0.25, -0.2) is 0 Å². The maximum Gasteiger partial charge on any atom is 0.230 e. The number of amides is 1. The van der Waals surface area contributed by atoms with Gasteiger partial charge in [0.2, 0.25) is 5.91 Å². The van der Waals surface area contributed by atoms with Crippen LogP contribution in [-0.4, -0.2) is 40.1 Å². The Bertz CT molecular complexity index is 840. The number of carbonyl (C=O) groups is 1. The van der Waals surface area contributed by atoms with Crippen LogP contribution in [0.2, 0.25) is 0 Å². The third-order valence-electron chi connectivity index (χ3n) is 4.61. The molecule has 7 heteroatoms. The van der Waals surface area contributed by atoms with Crippen LogP contribution in [0.1, 0.15) is 29.7 Å². The van der Waals surface area contributed by atoms with Gasteiger partial charge >= 0.3 is 0 Å². The highest BCUT2D eigenvalue weighted by atomic mass is 32.2. The lowest BCUT2D eigenvalue weighted by atomic mass is 10.1. The molecule has 0 fully saturated rings. The molecular weight excluding hydrogens is 390 g/mol. The van der Waals surface area contributed by atoms with Crippen molar-refractivity contribution in [3.63, 3.8) is 0 Å². The predicted octanol–water partition coefficient (Wildman–Crippen LogP) is 4.14. The van der Waals surface area contributed by atoms with Crippen molar-refractivity contribution in [1.82, 2.24) is 5.32 Å². The van der Waals surface area contributed by atoms with Gasteiger partial charge in [0.15, 0.2) is 11.5 Å². The van der Waals surface area contributed by atoms with Gasteiger partial charge in [0.25, 0.3) is 0 Å². The zero-order valence-electron chi connectivity index (χ0n) is 17.8. The molecule has 1 atom stereocenters. The highest BCUT2D eigenvalue weighted by molar-refractivity contribution is 7.99. The lowest BCUT2D eigenvalue weighted by molar-refractivity contribution is -0.119. The number of benzene rings is 2. The molecule has 1 N–H and O–H groups in total. The number of hydrogen-bond donors (Lipinski definition) is 1. The Morgan fingerprint density at radius 1 is 0.966 bits per heavy atom. The van der Waals surface area contributed by atoms with Gasteiger partial charge in [-0.05, 0) is 55.3 Å². The topological polar surface area (TPSA) is 66.0 Å². The molecule has 0 heterocycles. The van der Waals surface area contributed by atoms with E-state index in [0.29, 0.717) is 28.8 Å². The number of nitrogens with one attached hydrogen (secondary N) is 1. The van der Waals surface area contributed by atoms with Crippen LogP contribution < -0.4 is 24.3 Å². The number of aryl methyl sites for hydroxylation is 1. The maximum atomic E-state index is 12.4. The number of hydrogen-bond acceptors (Lipinski definition) is 6. The first-order valence-corrected chi connectivity index (χ1v) is 10.4. The smallest absolute Gasteiger partial charge is 0.230 e. The minimum Gasteiger partial charge on any atom is -0.497 e. The van der Waals surface area contributed by atoms with Crippen molar-refractivity contribution in [3.8, 4) is 23.0 Å². The minimum absolute atomic E-state index is 0.0366. The summed E-state index contributed by atoms with van der Waals surface area (Å²) >= 11 is 1.55. The summed E-state index contributed by atoms with van der Waals surface area (Å²) in [5, 5.41) is 3.02. The van der Waals surface area contributed by atoms with Crippen LogP contribution in [0.3, 0.4) is 0 Å². The quantitative estimate of drug-likeness (QED) is 0.624. The second-order valence-electron chi connectivity index (χ2n) is 6.52. The Labute approximate surface area is 176 Å². The fourth-order valence-electron chi connectivity index (χ4n) is 2.97. The monoisotopic (exact) mass is 419 g/mol. The fraction of sp³-hybridized carbons (Fsp3) is 0.409. The standard InChI is InChI=1S/C22H29NO5S/c1-14-9-20(27-5)21(28-6)10-16(14)12-29-13-22(24)23-15(2)18-11-17(25-3)7-8-19(18)26-4/h7-11,15H,12-13H2,1-6H3,(H,23,24)/t15-/m0/s1. The van der Waals surface area contributed by atoms with Crippen molar-refractivity contribution in [1.29, 1.82) is 0 Å². The summed E-state index contributed by atoms with van der Waals surface area (Å²) in [5.41, 5.74) is 3.09. The molecule has 2 aromatic carbocycles. The molecule has 0 aliphatic rings. The largest absolute Gasteiger partial charge is 0.497 e. The molecule has 0 aromatic heterocycles. The summed E-state index contributed by atoms with van der Waals surface area (Å²) in [5.74, 6) is 3.85. The molecule has 0 bridgehead atoms. The van der Waals surface area contributed by atoms with Gasteiger partial charge in [0, 0.05) is 11.3 Å². The summed E-state index contributed by atoms with van der Waals surface area (Å²) in [6, 6.07) is 9.26. The molecule has 2 aromatic rings. The molecule has 0 aliphatic heterocycles. The van der Waals surface area contributed by atoms with E-state index in [1.165, 1.54) is 0 Å². The molecular formula is C22H29NO5S. The molecule has 6 nitrogen and oxygen atoms in total. The second-order valence-corrected chi connectivity index (χ2v) is 7.51. The summed E-state index contributed by atoms with van der Waals surface area (Å²) < 4.78 is 21.4. The average Bonchev–Trinajstić information content (AvgIpc) is 2.73. The Hall–Kier alpha value is -2.54. The summed E-state index contributed by atoms with van der Waals surface area (Å²) in [7, 11) is 6.46. The van der Waals surface area contributed by atoms with Gasteiger partial charge in [-0.3, -0.25) is 4.79 Å². The van der Waals surface area contributed by atoms with Crippen molar-refractivity contribution in [3.05, 3.63) is 47.0 Å². The fourth-order valence-corrected chi connectivity index (χ4v) is 3.87. The van der Waals surface area contributed by atoms with E-state index in [4.69, 9.17) is 18.9 Å². The van der Waals surface area contributed by atoms with Gasteiger partial charge in [0.05, 0.1) is 40.2 Å². The summed E-state index contributed by atoms with van der Waals surface area (Å²) in [4.78, 5) is 12.4. The zero-order valence-corrected chi connectivity index (χ0v) is 18.6. The van der Waals surface area contributed by atoms with E-state index in [-0.39, 0.29) is 11.9 Å². The zero-order chi connectivity index (χ0) is 21.4. The normalized spacial score (nSPS) is 11.5. The number of thioether (sulfide) groups is 1. The van der Waals surface area contributed by atoms with Crippen LogP contribution in [-0.2, 0) is 10.5 Å². The molecule has 0 radical (unpaired) electrons. The maximum absolute atomic E-state index is 12.4. The molecule has 29 heavy (non-hydrogen) atoms. The highest BCUT2D eigenvalue weighted by Crippen LogP contribution is 2.32. The lowest BCUT2D eigenvalue weighted by Crippen LogP contribution is -2.28. The number of methoxy groups -OCH3 is 4. The molecule has 0 saturated heterocycles. The van der Waals surface area contributed by atoms with Crippen LogP contribution in [0.5, 0.6) is 23.0 Å². The summed E-state index contributed by atoms with van der Waals surface area (Å²) in [6.45, 7) is 3.95. The molecule has 1 amide bonds. The van der Waals surface area contributed by atoms with Crippen LogP contribution >= 0.6 is 11.8 Å². The van der Waals surface area contributed by atoms with E-state index in [1.807, 2.05) is 44.2 Å². The average molecular weight is 420 g/mol. The minimum atomic E-state index is -0.198. The Morgan fingerprint density at radius 3 is 2.24 bits per heavy atom. The first-order chi connectivity index (χ1) is 13.9. The van der Waals surface area contributed by atoms with Gasteiger partial charge in [-0.15, -0.1) is 11.8 Å². The Morgan fingerprint density at radius 2 is 1.62 bits per heavy atom. The van der Waals surface area contributed by atoms with Crippen molar-refractivity contribution >= 4 is 17.7 Å². The van der Waals surface area contributed by atoms with E-state index >= 15 is 0 Å². The van der Waals surface area contributed by atoms with Crippen LogP contribution in [0.4, 0.5) is 0 Å². The molecule has 0 saturated carbocycles. The van der Waals surface area contributed by atoms with Crippen LogP contribution in [0, 0.1) is 6.92 Å². The van der Waals surface area contributed by atoms with Crippen molar-refractivity contribution in [2.75, 3.05) is 34.2 Å². The van der Waals surface area contributed by atoms with E-state index in [2.05, 4.69) is 5.32 Å². The third kappa shape index (κ3) is 5.97. The SMILES string of the molecule is COc1ccc(OC)c([C@H](C)NC(=O)CSCc2cc(OC)c(OC)cc2C)c1. The molecule has 0 spiro atoms. The number of ether oxygens (including phenoxy) is 4. The van der Waals surface area contributed by atoms with Gasteiger partial charge < -0.3 is 24.3 Å².